The Hall–Kier alpha value is -0.330. The van der Waals surface area contributed by atoms with Gasteiger partial charge in [0, 0.05) is 25.7 Å². The zero-order valence-electron chi connectivity index (χ0n) is 11.8. The molecular formula is C13H25F3N2O. The van der Waals surface area contributed by atoms with Crippen LogP contribution in [0, 0.1) is 5.92 Å². The minimum absolute atomic E-state index is 0.116. The van der Waals surface area contributed by atoms with Gasteiger partial charge < -0.3 is 10.5 Å². The highest BCUT2D eigenvalue weighted by atomic mass is 19.4. The van der Waals surface area contributed by atoms with Gasteiger partial charge in [-0.1, -0.05) is 13.3 Å². The Balaban J connectivity index is 2.82. The number of likely N-dealkylation sites (N-methyl/N-ethyl adjacent to an activating group) is 1. The molecule has 0 saturated heterocycles. The van der Waals surface area contributed by atoms with Gasteiger partial charge in [0.05, 0.1) is 12.5 Å². The molecule has 2 unspecified atom stereocenters. The first-order valence-electron chi connectivity index (χ1n) is 6.90. The summed E-state index contributed by atoms with van der Waals surface area (Å²) >= 11 is 0. The fourth-order valence-electron chi connectivity index (χ4n) is 3.15. The summed E-state index contributed by atoms with van der Waals surface area (Å²) in [5.41, 5.74) is 5.32. The van der Waals surface area contributed by atoms with Crippen LogP contribution in [0.1, 0.15) is 32.6 Å². The third kappa shape index (κ3) is 4.07. The van der Waals surface area contributed by atoms with Crippen molar-refractivity contribution < 1.29 is 17.9 Å². The van der Waals surface area contributed by atoms with E-state index >= 15 is 0 Å². The molecule has 0 aliphatic heterocycles. The standard InChI is InChI=1S/C13H25F3N2O/c1-3-18(7-8-19-2)12(10-17)6-4-5-11(9-12)13(14,15)16/h11H,3-10,17H2,1-2H3. The van der Waals surface area contributed by atoms with E-state index in [-0.39, 0.29) is 19.4 Å². The summed E-state index contributed by atoms with van der Waals surface area (Å²) in [6.07, 6.45) is -2.43. The Labute approximate surface area is 113 Å². The van der Waals surface area contributed by atoms with Gasteiger partial charge >= 0.3 is 6.18 Å². The molecule has 0 amide bonds. The smallest absolute Gasteiger partial charge is 0.383 e. The molecule has 6 heteroatoms. The van der Waals surface area contributed by atoms with Crippen molar-refractivity contribution in [2.75, 3.05) is 33.4 Å². The van der Waals surface area contributed by atoms with Crippen LogP contribution in [0.15, 0.2) is 0 Å². The molecule has 0 heterocycles. The number of alkyl halides is 3. The summed E-state index contributed by atoms with van der Waals surface area (Å²) in [6, 6.07) is 0. The lowest BCUT2D eigenvalue weighted by Gasteiger charge is -2.48. The van der Waals surface area contributed by atoms with Crippen molar-refractivity contribution in [1.82, 2.24) is 4.90 Å². The largest absolute Gasteiger partial charge is 0.391 e. The molecule has 3 nitrogen and oxygen atoms in total. The molecule has 0 aromatic carbocycles. The van der Waals surface area contributed by atoms with E-state index in [0.29, 0.717) is 26.1 Å². The minimum atomic E-state index is -4.11. The van der Waals surface area contributed by atoms with Crippen molar-refractivity contribution in [3.05, 3.63) is 0 Å². The number of ether oxygens (including phenoxy) is 1. The van der Waals surface area contributed by atoms with Crippen LogP contribution in [0.4, 0.5) is 13.2 Å². The quantitative estimate of drug-likeness (QED) is 0.813. The molecule has 0 spiro atoms. The predicted molar refractivity (Wildman–Crippen MR) is 68.9 cm³/mol. The summed E-state index contributed by atoms with van der Waals surface area (Å²) < 4.78 is 43.9. The van der Waals surface area contributed by atoms with E-state index in [0.717, 1.165) is 6.42 Å². The monoisotopic (exact) mass is 282 g/mol. The van der Waals surface area contributed by atoms with Crippen LogP contribution in [0.5, 0.6) is 0 Å². The predicted octanol–water partition coefficient (Wildman–Crippen LogP) is 2.40. The average molecular weight is 282 g/mol. The van der Waals surface area contributed by atoms with E-state index < -0.39 is 17.6 Å². The molecule has 1 fully saturated rings. The molecule has 0 aromatic rings. The summed E-state index contributed by atoms with van der Waals surface area (Å²) in [5, 5.41) is 0. The number of hydrogen-bond acceptors (Lipinski definition) is 3. The second-order valence-electron chi connectivity index (χ2n) is 5.34. The molecule has 19 heavy (non-hydrogen) atoms. The Morgan fingerprint density at radius 3 is 2.58 bits per heavy atom. The molecule has 114 valence electrons. The van der Waals surface area contributed by atoms with Gasteiger partial charge in [0.15, 0.2) is 0 Å². The zero-order chi connectivity index (χ0) is 14.5. The zero-order valence-corrected chi connectivity index (χ0v) is 11.8. The van der Waals surface area contributed by atoms with Gasteiger partial charge in [-0.05, 0) is 25.8 Å². The van der Waals surface area contributed by atoms with Crippen molar-refractivity contribution in [2.24, 2.45) is 11.7 Å². The number of hydrogen-bond donors (Lipinski definition) is 1. The van der Waals surface area contributed by atoms with Crippen LogP contribution in [0.25, 0.3) is 0 Å². The van der Waals surface area contributed by atoms with Gasteiger partial charge in [-0.15, -0.1) is 0 Å². The molecule has 1 aliphatic rings. The van der Waals surface area contributed by atoms with Crippen molar-refractivity contribution in [3.63, 3.8) is 0 Å². The number of rotatable bonds is 6. The lowest BCUT2D eigenvalue weighted by molar-refractivity contribution is -0.193. The molecule has 1 saturated carbocycles. The van der Waals surface area contributed by atoms with Crippen LogP contribution in [-0.2, 0) is 4.74 Å². The average Bonchev–Trinajstić information content (AvgIpc) is 2.39. The van der Waals surface area contributed by atoms with Crippen molar-refractivity contribution in [3.8, 4) is 0 Å². The van der Waals surface area contributed by atoms with Crippen LogP contribution in [0.3, 0.4) is 0 Å². The highest BCUT2D eigenvalue weighted by Gasteiger charge is 2.48. The number of nitrogens with two attached hydrogens (primary N) is 1. The first-order valence-corrected chi connectivity index (χ1v) is 6.90. The third-order valence-electron chi connectivity index (χ3n) is 4.28. The van der Waals surface area contributed by atoms with Crippen molar-refractivity contribution >= 4 is 0 Å². The fourth-order valence-corrected chi connectivity index (χ4v) is 3.15. The van der Waals surface area contributed by atoms with E-state index in [1.54, 1.807) is 7.11 Å². The van der Waals surface area contributed by atoms with Crippen LogP contribution >= 0.6 is 0 Å². The SMILES string of the molecule is CCN(CCOC)C1(CN)CCCC(C(F)(F)F)C1. The second kappa shape index (κ2) is 6.90. The second-order valence-corrected chi connectivity index (χ2v) is 5.34. The van der Waals surface area contributed by atoms with Gasteiger partial charge in [-0.3, -0.25) is 4.90 Å². The van der Waals surface area contributed by atoms with Gasteiger partial charge in [0.2, 0.25) is 0 Å². The van der Waals surface area contributed by atoms with Gasteiger partial charge in [0.1, 0.15) is 0 Å². The molecule has 0 radical (unpaired) electrons. The molecule has 0 bridgehead atoms. The van der Waals surface area contributed by atoms with Crippen LogP contribution in [-0.4, -0.2) is 50.0 Å². The molecular weight excluding hydrogens is 257 g/mol. The first-order chi connectivity index (χ1) is 8.89. The maximum atomic E-state index is 13.0. The Kier molecular flexibility index (Phi) is 6.08. The molecule has 2 N–H and O–H groups in total. The Morgan fingerprint density at radius 2 is 2.11 bits per heavy atom. The molecule has 1 rings (SSSR count). The van der Waals surface area contributed by atoms with E-state index in [9.17, 15) is 13.2 Å². The maximum absolute atomic E-state index is 13.0. The summed E-state index contributed by atoms with van der Waals surface area (Å²) in [4.78, 5) is 2.06. The van der Waals surface area contributed by atoms with Crippen molar-refractivity contribution in [2.45, 2.75) is 44.3 Å². The van der Waals surface area contributed by atoms with E-state index in [2.05, 4.69) is 4.90 Å². The number of halogens is 3. The van der Waals surface area contributed by atoms with Crippen molar-refractivity contribution in [1.29, 1.82) is 0 Å². The van der Waals surface area contributed by atoms with E-state index in [4.69, 9.17) is 10.5 Å². The van der Waals surface area contributed by atoms with E-state index in [1.165, 1.54) is 0 Å². The number of nitrogens with zero attached hydrogens (tertiary/aromatic N) is 1. The summed E-state index contributed by atoms with van der Waals surface area (Å²) in [6.45, 7) is 4.09. The highest BCUT2D eigenvalue weighted by molar-refractivity contribution is 4.97. The summed E-state index contributed by atoms with van der Waals surface area (Å²) in [5.74, 6) is -1.22. The highest BCUT2D eigenvalue weighted by Crippen LogP contribution is 2.43. The third-order valence-corrected chi connectivity index (χ3v) is 4.28. The Morgan fingerprint density at radius 1 is 1.42 bits per heavy atom. The first kappa shape index (κ1) is 16.7. The van der Waals surface area contributed by atoms with Crippen LogP contribution < -0.4 is 5.73 Å². The van der Waals surface area contributed by atoms with Gasteiger partial charge in [0.25, 0.3) is 0 Å². The van der Waals surface area contributed by atoms with Gasteiger partial charge in [-0.2, -0.15) is 13.2 Å². The van der Waals surface area contributed by atoms with Gasteiger partial charge in [-0.25, -0.2) is 0 Å². The van der Waals surface area contributed by atoms with E-state index in [1.807, 2.05) is 6.92 Å². The van der Waals surface area contributed by atoms with Crippen LogP contribution in [0.2, 0.25) is 0 Å². The normalized spacial score (nSPS) is 28.9. The number of methoxy groups -OCH3 is 1. The molecule has 2 atom stereocenters. The molecule has 1 aliphatic carbocycles. The Bertz CT molecular complexity index is 273. The summed E-state index contributed by atoms with van der Waals surface area (Å²) in [7, 11) is 1.60. The fraction of sp³-hybridized carbons (Fsp3) is 1.00. The topological polar surface area (TPSA) is 38.5 Å². The minimum Gasteiger partial charge on any atom is -0.383 e. The lowest BCUT2D eigenvalue weighted by Crippen LogP contribution is -2.58. The maximum Gasteiger partial charge on any atom is 0.391 e. The molecule has 0 aromatic heterocycles. The lowest BCUT2D eigenvalue weighted by atomic mass is 9.74.